The summed E-state index contributed by atoms with van der Waals surface area (Å²) in [5.41, 5.74) is 5.63. The van der Waals surface area contributed by atoms with E-state index in [4.69, 9.17) is 17.3 Å². The van der Waals surface area contributed by atoms with Crippen LogP contribution in [-0.2, 0) is 16.8 Å². The zero-order chi connectivity index (χ0) is 14.8. The SMILES string of the molecule is CN(C)C(CCl)(Cn1cncc1C(C)(C)C)C(N)=O. The van der Waals surface area contributed by atoms with Gasteiger partial charge in [0.05, 0.1) is 18.8 Å². The number of halogens is 1. The summed E-state index contributed by atoms with van der Waals surface area (Å²) >= 11 is 6.02. The molecule has 0 aliphatic heterocycles. The standard InChI is InChI=1S/C13H23ClN4O/c1-12(2,3)10-6-16-9-18(10)8-13(7-14,11(15)19)17(4)5/h6,9H,7-8H2,1-5H3,(H2,15,19). The lowest BCUT2D eigenvalue weighted by Crippen LogP contribution is -2.59. The molecular formula is C13H23ClN4O. The number of amides is 1. The van der Waals surface area contributed by atoms with E-state index in [1.54, 1.807) is 25.3 Å². The van der Waals surface area contributed by atoms with Gasteiger partial charge >= 0.3 is 0 Å². The van der Waals surface area contributed by atoms with Crippen molar-refractivity contribution in [2.75, 3.05) is 20.0 Å². The lowest BCUT2D eigenvalue weighted by molar-refractivity contribution is -0.128. The normalized spacial score (nSPS) is 15.5. The fourth-order valence-electron chi connectivity index (χ4n) is 2.02. The summed E-state index contributed by atoms with van der Waals surface area (Å²) in [5, 5.41) is 0. The number of hydrogen-bond acceptors (Lipinski definition) is 3. The molecule has 1 aromatic heterocycles. The van der Waals surface area contributed by atoms with Crippen LogP contribution in [0.15, 0.2) is 12.5 Å². The molecule has 0 aromatic carbocycles. The number of likely N-dealkylation sites (N-methyl/N-ethyl adjacent to an activating group) is 1. The van der Waals surface area contributed by atoms with Gasteiger partial charge in [-0.25, -0.2) is 4.98 Å². The van der Waals surface area contributed by atoms with Gasteiger partial charge in [0.1, 0.15) is 5.54 Å². The van der Waals surface area contributed by atoms with Gasteiger partial charge in [0.2, 0.25) is 5.91 Å². The van der Waals surface area contributed by atoms with Crippen molar-refractivity contribution in [3.05, 3.63) is 18.2 Å². The number of carbonyl (C=O) groups excluding carboxylic acids is 1. The second kappa shape index (κ2) is 5.51. The quantitative estimate of drug-likeness (QED) is 0.828. The minimum Gasteiger partial charge on any atom is -0.368 e. The molecule has 0 spiro atoms. The zero-order valence-corrected chi connectivity index (χ0v) is 13.0. The molecule has 1 amide bonds. The van der Waals surface area contributed by atoms with E-state index >= 15 is 0 Å². The summed E-state index contributed by atoms with van der Waals surface area (Å²) < 4.78 is 1.95. The van der Waals surface area contributed by atoms with Gasteiger partial charge < -0.3 is 10.3 Å². The van der Waals surface area contributed by atoms with Gasteiger partial charge in [0.25, 0.3) is 0 Å². The first-order valence-electron chi connectivity index (χ1n) is 6.19. The van der Waals surface area contributed by atoms with E-state index in [1.807, 2.05) is 10.8 Å². The Labute approximate surface area is 119 Å². The molecule has 1 aromatic rings. The highest BCUT2D eigenvalue weighted by Gasteiger charge is 2.39. The van der Waals surface area contributed by atoms with E-state index in [0.29, 0.717) is 6.54 Å². The summed E-state index contributed by atoms with van der Waals surface area (Å²) in [6.45, 7) is 6.69. The molecule has 0 radical (unpaired) electrons. The van der Waals surface area contributed by atoms with Gasteiger partial charge in [-0.3, -0.25) is 9.69 Å². The first-order chi connectivity index (χ1) is 8.65. The smallest absolute Gasteiger partial charge is 0.241 e. The third-order valence-electron chi connectivity index (χ3n) is 3.45. The second-order valence-electron chi connectivity index (χ2n) is 6.08. The lowest BCUT2D eigenvalue weighted by Gasteiger charge is -2.36. The summed E-state index contributed by atoms with van der Waals surface area (Å²) in [7, 11) is 3.61. The first-order valence-corrected chi connectivity index (χ1v) is 6.72. The Bertz CT molecular complexity index is 450. The Morgan fingerprint density at radius 2 is 2.05 bits per heavy atom. The number of primary amides is 1. The van der Waals surface area contributed by atoms with Gasteiger partial charge in [-0.2, -0.15) is 0 Å². The van der Waals surface area contributed by atoms with E-state index in [0.717, 1.165) is 5.69 Å². The van der Waals surface area contributed by atoms with Crippen LogP contribution in [-0.4, -0.2) is 45.9 Å². The molecule has 5 nitrogen and oxygen atoms in total. The van der Waals surface area contributed by atoms with Crippen LogP contribution in [0.5, 0.6) is 0 Å². The molecule has 1 heterocycles. The van der Waals surface area contributed by atoms with Crippen LogP contribution in [0.2, 0.25) is 0 Å². The molecule has 1 atom stereocenters. The molecule has 2 N–H and O–H groups in total. The van der Waals surface area contributed by atoms with Crippen LogP contribution in [0.25, 0.3) is 0 Å². The molecular weight excluding hydrogens is 264 g/mol. The van der Waals surface area contributed by atoms with Gasteiger partial charge in [-0.1, -0.05) is 20.8 Å². The molecule has 6 heteroatoms. The highest BCUT2D eigenvalue weighted by Crippen LogP contribution is 2.25. The minimum atomic E-state index is -0.914. The Kier molecular flexibility index (Phi) is 4.63. The summed E-state index contributed by atoms with van der Waals surface area (Å²) in [4.78, 5) is 17.8. The van der Waals surface area contributed by atoms with Gasteiger partial charge in [0, 0.05) is 17.3 Å². The lowest BCUT2D eigenvalue weighted by atomic mass is 9.91. The second-order valence-corrected chi connectivity index (χ2v) is 6.35. The van der Waals surface area contributed by atoms with Crippen molar-refractivity contribution >= 4 is 17.5 Å². The third-order valence-corrected chi connectivity index (χ3v) is 3.89. The van der Waals surface area contributed by atoms with Crippen LogP contribution in [0.1, 0.15) is 26.5 Å². The highest BCUT2D eigenvalue weighted by atomic mass is 35.5. The molecule has 1 unspecified atom stereocenters. The number of nitrogens with two attached hydrogens (primary N) is 1. The number of aromatic nitrogens is 2. The van der Waals surface area contributed by atoms with Crippen molar-refractivity contribution in [2.45, 2.75) is 38.3 Å². The van der Waals surface area contributed by atoms with Crippen LogP contribution in [0.3, 0.4) is 0 Å². The van der Waals surface area contributed by atoms with E-state index in [2.05, 4.69) is 25.8 Å². The zero-order valence-electron chi connectivity index (χ0n) is 12.3. The molecule has 0 saturated carbocycles. The molecule has 0 saturated heterocycles. The van der Waals surface area contributed by atoms with E-state index in [-0.39, 0.29) is 11.3 Å². The Morgan fingerprint density at radius 3 is 2.42 bits per heavy atom. The van der Waals surface area contributed by atoms with Crippen molar-refractivity contribution < 1.29 is 4.79 Å². The van der Waals surface area contributed by atoms with Gasteiger partial charge in [0.15, 0.2) is 0 Å². The predicted molar refractivity (Wildman–Crippen MR) is 77.3 cm³/mol. The average molecular weight is 287 g/mol. The molecule has 19 heavy (non-hydrogen) atoms. The van der Waals surface area contributed by atoms with Crippen molar-refractivity contribution in [2.24, 2.45) is 5.73 Å². The Morgan fingerprint density at radius 1 is 1.47 bits per heavy atom. The Balaban J connectivity index is 3.19. The van der Waals surface area contributed by atoms with Gasteiger partial charge in [-0.05, 0) is 14.1 Å². The fourth-order valence-corrected chi connectivity index (χ4v) is 2.48. The number of nitrogens with zero attached hydrogens (tertiary/aromatic N) is 3. The van der Waals surface area contributed by atoms with Crippen molar-refractivity contribution in [1.82, 2.24) is 14.5 Å². The fraction of sp³-hybridized carbons (Fsp3) is 0.692. The van der Waals surface area contributed by atoms with Crippen LogP contribution >= 0.6 is 11.6 Å². The number of alkyl halides is 1. The maximum Gasteiger partial charge on any atom is 0.241 e. The molecule has 0 fully saturated rings. The van der Waals surface area contributed by atoms with E-state index in [9.17, 15) is 4.79 Å². The Hall–Kier alpha value is -1.07. The van der Waals surface area contributed by atoms with Crippen LogP contribution in [0, 0.1) is 0 Å². The first kappa shape index (κ1) is 16.0. The topological polar surface area (TPSA) is 64.2 Å². The summed E-state index contributed by atoms with van der Waals surface area (Å²) in [6.07, 6.45) is 3.53. The average Bonchev–Trinajstić information content (AvgIpc) is 2.72. The van der Waals surface area contributed by atoms with Crippen LogP contribution < -0.4 is 5.73 Å². The molecule has 0 bridgehead atoms. The maximum absolute atomic E-state index is 11.8. The van der Waals surface area contributed by atoms with Crippen molar-refractivity contribution in [1.29, 1.82) is 0 Å². The third kappa shape index (κ3) is 3.09. The number of imidazole rings is 1. The number of rotatable bonds is 5. The summed E-state index contributed by atoms with van der Waals surface area (Å²) in [6, 6.07) is 0. The number of hydrogen-bond donors (Lipinski definition) is 1. The molecule has 0 aliphatic rings. The number of carbonyl (C=O) groups is 1. The minimum absolute atomic E-state index is 0.0570. The monoisotopic (exact) mass is 286 g/mol. The largest absolute Gasteiger partial charge is 0.368 e. The molecule has 0 aliphatic carbocycles. The van der Waals surface area contributed by atoms with Crippen molar-refractivity contribution in [3.63, 3.8) is 0 Å². The van der Waals surface area contributed by atoms with E-state index < -0.39 is 11.4 Å². The van der Waals surface area contributed by atoms with E-state index in [1.165, 1.54) is 0 Å². The van der Waals surface area contributed by atoms with Crippen molar-refractivity contribution in [3.8, 4) is 0 Å². The summed E-state index contributed by atoms with van der Waals surface area (Å²) in [5.74, 6) is -0.294. The maximum atomic E-state index is 11.8. The molecule has 108 valence electrons. The predicted octanol–water partition coefficient (Wildman–Crippen LogP) is 1.21. The highest BCUT2D eigenvalue weighted by molar-refractivity contribution is 6.20. The van der Waals surface area contributed by atoms with Crippen LogP contribution in [0.4, 0.5) is 0 Å². The molecule has 1 rings (SSSR count). The van der Waals surface area contributed by atoms with Gasteiger partial charge in [-0.15, -0.1) is 11.6 Å².